The molecule has 28 heavy (non-hydrogen) atoms. The van der Waals surface area contributed by atoms with E-state index in [4.69, 9.17) is 0 Å². The molecule has 2 atom stereocenters. The van der Waals surface area contributed by atoms with Crippen molar-refractivity contribution in [2.24, 2.45) is 0 Å². The maximum Gasteiger partial charge on any atom is 1.00 e. The van der Waals surface area contributed by atoms with E-state index in [0.717, 1.165) is 0 Å². The molecule has 3 nitrogen and oxygen atoms in total. The fraction of sp³-hybridized carbons (Fsp3) is 1.00. The van der Waals surface area contributed by atoms with Crippen LogP contribution in [0.2, 0.25) is 0 Å². The first kappa shape index (κ1) is 28.5. The van der Waals surface area contributed by atoms with Crippen LogP contribution in [-0.4, -0.2) is 59.4 Å². The molecular formula is C8F15KO3S. The third-order valence-electron chi connectivity index (χ3n) is 3.60. The minimum absolute atomic E-state index is 0. The predicted molar refractivity (Wildman–Crippen MR) is 48.2 cm³/mol. The molecule has 1 aliphatic carbocycles. The molecule has 0 aromatic heterocycles. The molecule has 0 heterocycles. The van der Waals surface area contributed by atoms with Crippen LogP contribution in [0.25, 0.3) is 0 Å². The Labute approximate surface area is 185 Å². The van der Waals surface area contributed by atoms with E-state index in [2.05, 4.69) is 0 Å². The van der Waals surface area contributed by atoms with Gasteiger partial charge < -0.3 is 4.55 Å². The fourth-order valence-electron chi connectivity index (χ4n) is 2.15. The number of halogens is 15. The summed E-state index contributed by atoms with van der Waals surface area (Å²) in [6.07, 6.45) is -8.04. The normalized spacial score (nSPS) is 34.4. The Kier molecular flexibility index (Phi) is 6.62. The molecule has 20 heteroatoms. The summed E-state index contributed by atoms with van der Waals surface area (Å²) in [6.45, 7) is 0. The SMILES string of the molecule is O=S(=O)([O-])C1(F)C(F)(F)C(F)(F)C(F)(F)C(F)(F)C1(F)C(F)(F)C(F)(F)F.[K+]. The Morgan fingerprint density at radius 2 is 0.893 bits per heavy atom. The molecule has 1 fully saturated rings. The van der Waals surface area contributed by atoms with Crippen LogP contribution < -0.4 is 51.4 Å². The average molecular weight is 500 g/mol. The Morgan fingerprint density at radius 1 is 0.607 bits per heavy atom. The minimum atomic E-state index is -8.72. The van der Waals surface area contributed by atoms with Crippen molar-refractivity contribution in [3.63, 3.8) is 0 Å². The maximum absolute atomic E-state index is 14.0. The van der Waals surface area contributed by atoms with Crippen molar-refractivity contribution in [3.05, 3.63) is 0 Å². The zero-order valence-electron chi connectivity index (χ0n) is 12.3. The van der Waals surface area contributed by atoms with E-state index in [-0.39, 0.29) is 51.4 Å². The average Bonchev–Trinajstić information content (AvgIpc) is 2.40. The van der Waals surface area contributed by atoms with E-state index in [0.29, 0.717) is 0 Å². The quantitative estimate of drug-likeness (QED) is 0.318. The summed E-state index contributed by atoms with van der Waals surface area (Å²) in [6, 6.07) is 0. The van der Waals surface area contributed by atoms with Crippen LogP contribution in [0.4, 0.5) is 65.9 Å². The van der Waals surface area contributed by atoms with Crippen LogP contribution in [0, 0.1) is 0 Å². The first-order valence-electron chi connectivity index (χ1n) is 5.54. The van der Waals surface area contributed by atoms with Crippen molar-refractivity contribution in [3.8, 4) is 0 Å². The van der Waals surface area contributed by atoms with Gasteiger partial charge in [0.1, 0.15) is 10.1 Å². The van der Waals surface area contributed by atoms with Crippen molar-refractivity contribution in [2.75, 3.05) is 0 Å². The van der Waals surface area contributed by atoms with Gasteiger partial charge in [0.25, 0.3) is 0 Å². The van der Waals surface area contributed by atoms with Gasteiger partial charge in [-0.2, -0.15) is 57.1 Å². The summed E-state index contributed by atoms with van der Waals surface area (Å²) >= 11 is 0. The molecule has 0 saturated heterocycles. The van der Waals surface area contributed by atoms with E-state index in [9.17, 15) is 78.8 Å². The number of rotatable bonds is 2. The molecular weight excluding hydrogens is 500 g/mol. The third-order valence-corrected chi connectivity index (χ3v) is 4.82. The standard InChI is InChI=1S/C8HF15O3S.K/c9-1(3(12,13)8(21,22)23)2(10,11)4(14,15)5(16,17)6(18,19)7(1,20)27(24,25)26;/h(H,24,25,26);/q;+1/p-1. The molecule has 0 bridgehead atoms. The van der Waals surface area contributed by atoms with E-state index in [1.54, 1.807) is 0 Å². The summed E-state index contributed by atoms with van der Waals surface area (Å²) in [5.41, 5.74) is -8.72. The first-order valence-corrected chi connectivity index (χ1v) is 6.95. The third kappa shape index (κ3) is 2.59. The summed E-state index contributed by atoms with van der Waals surface area (Å²) < 4.78 is 227. The van der Waals surface area contributed by atoms with Crippen molar-refractivity contribution in [1.29, 1.82) is 0 Å². The van der Waals surface area contributed by atoms with Crippen LogP contribution >= 0.6 is 0 Å². The van der Waals surface area contributed by atoms with Gasteiger partial charge >= 0.3 is 97.8 Å². The zero-order chi connectivity index (χ0) is 22.5. The van der Waals surface area contributed by atoms with Crippen LogP contribution in [0.3, 0.4) is 0 Å². The molecule has 1 rings (SSSR count). The monoisotopic (exact) mass is 500 g/mol. The molecule has 162 valence electrons. The van der Waals surface area contributed by atoms with Crippen molar-refractivity contribution >= 4 is 10.1 Å². The topological polar surface area (TPSA) is 57.2 Å². The molecule has 0 spiro atoms. The first-order chi connectivity index (χ1) is 11.2. The maximum atomic E-state index is 14.0. The molecule has 0 N–H and O–H groups in total. The summed E-state index contributed by atoms with van der Waals surface area (Å²) in [5, 5.41) is -8.40. The van der Waals surface area contributed by atoms with Crippen LogP contribution in [0.1, 0.15) is 0 Å². The van der Waals surface area contributed by atoms with E-state index >= 15 is 0 Å². The Hall–Kier alpha value is 0.496. The Balaban J connectivity index is 0.00000729. The summed E-state index contributed by atoms with van der Waals surface area (Å²) in [5.74, 6) is -41.7. The smallest absolute Gasteiger partial charge is 0.745 e. The van der Waals surface area contributed by atoms with Gasteiger partial charge in [-0.05, 0) is 0 Å². The number of hydrogen-bond acceptors (Lipinski definition) is 3. The summed E-state index contributed by atoms with van der Waals surface area (Å²) in [7, 11) is -8.69. The van der Waals surface area contributed by atoms with Crippen molar-refractivity contribution in [2.45, 2.75) is 46.5 Å². The second-order valence-corrected chi connectivity index (χ2v) is 6.55. The Morgan fingerprint density at radius 3 is 1.14 bits per heavy atom. The summed E-state index contributed by atoms with van der Waals surface area (Å²) in [4.78, 5) is 0. The fourth-order valence-corrected chi connectivity index (χ4v) is 3.20. The molecule has 2 unspecified atom stereocenters. The Bertz CT molecular complexity index is 745. The van der Waals surface area contributed by atoms with E-state index in [1.807, 2.05) is 0 Å². The van der Waals surface area contributed by atoms with Crippen LogP contribution in [-0.2, 0) is 10.1 Å². The predicted octanol–water partition coefficient (Wildman–Crippen LogP) is 0.662. The number of alkyl halides is 15. The van der Waals surface area contributed by atoms with Crippen LogP contribution in [0.15, 0.2) is 0 Å². The molecule has 0 aromatic rings. The van der Waals surface area contributed by atoms with Gasteiger partial charge in [-0.25, -0.2) is 17.2 Å². The second-order valence-electron chi connectivity index (χ2n) is 5.08. The van der Waals surface area contributed by atoms with Crippen molar-refractivity contribution < 1.29 is 130 Å². The van der Waals surface area contributed by atoms with Gasteiger partial charge in [-0.15, -0.1) is 0 Å². The molecule has 0 radical (unpaired) electrons. The van der Waals surface area contributed by atoms with Gasteiger partial charge in [0.15, 0.2) is 0 Å². The second kappa shape index (κ2) is 6.50. The van der Waals surface area contributed by atoms with Crippen LogP contribution in [0.5, 0.6) is 0 Å². The van der Waals surface area contributed by atoms with Gasteiger partial charge in [-0.3, -0.25) is 0 Å². The van der Waals surface area contributed by atoms with Gasteiger partial charge in [0, 0.05) is 0 Å². The molecule has 0 aliphatic heterocycles. The van der Waals surface area contributed by atoms with E-state index < -0.39 is 56.6 Å². The molecule has 0 aromatic carbocycles. The molecule has 1 aliphatic rings. The zero-order valence-corrected chi connectivity index (χ0v) is 16.2. The minimum Gasteiger partial charge on any atom is -0.745 e. The van der Waals surface area contributed by atoms with E-state index in [1.165, 1.54) is 0 Å². The van der Waals surface area contributed by atoms with Gasteiger partial charge in [-0.1, -0.05) is 0 Å². The number of hydrogen-bond donors (Lipinski definition) is 0. The largest absolute Gasteiger partial charge is 1.00 e. The van der Waals surface area contributed by atoms with Gasteiger partial charge in [0.05, 0.1) is 0 Å². The molecule has 0 amide bonds. The molecule has 1 saturated carbocycles. The van der Waals surface area contributed by atoms with Gasteiger partial charge in [0.2, 0.25) is 0 Å². The van der Waals surface area contributed by atoms with Crippen molar-refractivity contribution in [1.82, 2.24) is 0 Å².